The Labute approximate surface area is 101 Å². The van der Waals surface area contributed by atoms with Crippen LogP contribution in [0.2, 0.25) is 0 Å². The van der Waals surface area contributed by atoms with Gasteiger partial charge in [0.25, 0.3) is 0 Å². The van der Waals surface area contributed by atoms with Crippen LogP contribution in [0.1, 0.15) is 11.7 Å². The van der Waals surface area contributed by atoms with E-state index in [4.69, 9.17) is 0 Å². The molecule has 0 saturated carbocycles. The molecule has 0 aliphatic heterocycles. The van der Waals surface area contributed by atoms with Crippen molar-refractivity contribution >= 4 is 5.82 Å². The van der Waals surface area contributed by atoms with Crippen molar-refractivity contribution in [3.8, 4) is 0 Å². The smallest absolute Gasteiger partial charge is 0.381 e. The highest BCUT2D eigenvalue weighted by Gasteiger charge is 2.13. The third kappa shape index (κ3) is 2.69. The topological polar surface area (TPSA) is 81.2 Å². The summed E-state index contributed by atoms with van der Waals surface area (Å²) in [7, 11) is 0. The highest BCUT2D eigenvalue weighted by atomic mass is 19.1. The molecule has 0 spiro atoms. The van der Waals surface area contributed by atoms with E-state index in [1.54, 1.807) is 0 Å². The van der Waals surface area contributed by atoms with Crippen LogP contribution >= 0.6 is 0 Å². The number of imidazole rings is 1. The van der Waals surface area contributed by atoms with Crippen LogP contribution in [0.25, 0.3) is 0 Å². The third-order valence-corrected chi connectivity index (χ3v) is 2.45. The Bertz CT molecular complexity index is 553. The molecule has 1 N–H and O–H groups in total. The number of hydrogen-bond donors (Lipinski definition) is 1. The first-order valence-corrected chi connectivity index (χ1v) is 5.16. The van der Waals surface area contributed by atoms with Crippen LogP contribution in [0.4, 0.5) is 10.2 Å². The van der Waals surface area contributed by atoms with Gasteiger partial charge in [-0.1, -0.05) is 12.1 Å². The molecule has 7 heteroatoms. The second kappa shape index (κ2) is 4.92. The molecule has 1 aromatic carbocycles. The van der Waals surface area contributed by atoms with Crippen molar-refractivity contribution < 1.29 is 14.4 Å². The molecule has 1 aromatic heterocycles. The molecule has 0 saturated heterocycles. The Morgan fingerprint density at radius 3 is 2.67 bits per heavy atom. The number of halogens is 1. The lowest BCUT2D eigenvalue weighted by atomic mass is 10.1. The molecule has 1 unspecified atom stereocenters. The number of rotatable bonds is 4. The summed E-state index contributed by atoms with van der Waals surface area (Å²) in [6.45, 7) is 0.118. The zero-order valence-corrected chi connectivity index (χ0v) is 9.23. The molecular weight excluding hydrogens is 241 g/mol. The van der Waals surface area contributed by atoms with Gasteiger partial charge in [0, 0.05) is 0 Å². The number of aliphatic hydroxyl groups excluding tert-OH is 1. The van der Waals surface area contributed by atoms with E-state index in [1.165, 1.54) is 41.4 Å². The summed E-state index contributed by atoms with van der Waals surface area (Å²) in [6, 6.07) is 5.42. The van der Waals surface area contributed by atoms with Crippen molar-refractivity contribution in [1.29, 1.82) is 0 Å². The maximum atomic E-state index is 12.7. The minimum absolute atomic E-state index is 0.118. The quantitative estimate of drug-likeness (QED) is 0.661. The summed E-state index contributed by atoms with van der Waals surface area (Å²) in [4.78, 5) is 13.4. The fourth-order valence-corrected chi connectivity index (χ4v) is 1.53. The Kier molecular flexibility index (Phi) is 3.33. The summed E-state index contributed by atoms with van der Waals surface area (Å²) in [6.07, 6.45) is 1.62. The molecule has 94 valence electrons. The van der Waals surface area contributed by atoms with Crippen LogP contribution in [0.5, 0.6) is 0 Å². The normalized spacial score (nSPS) is 12.3. The summed E-state index contributed by atoms with van der Waals surface area (Å²) < 4.78 is 14.1. The zero-order chi connectivity index (χ0) is 13.1. The molecule has 1 heterocycles. The number of hydrogen-bond acceptors (Lipinski definition) is 4. The predicted molar refractivity (Wildman–Crippen MR) is 60.2 cm³/mol. The third-order valence-electron chi connectivity index (χ3n) is 2.45. The van der Waals surface area contributed by atoms with Gasteiger partial charge in [-0.3, -0.25) is 0 Å². The van der Waals surface area contributed by atoms with Gasteiger partial charge < -0.3 is 19.8 Å². The molecule has 0 amide bonds. The van der Waals surface area contributed by atoms with Gasteiger partial charge in [-0.25, -0.2) is 4.39 Å². The van der Waals surface area contributed by atoms with Crippen molar-refractivity contribution in [1.82, 2.24) is 9.55 Å². The van der Waals surface area contributed by atoms with Gasteiger partial charge in [-0.15, -0.1) is 0 Å². The van der Waals surface area contributed by atoms with Gasteiger partial charge in [-0.2, -0.15) is 0 Å². The van der Waals surface area contributed by atoms with E-state index in [9.17, 15) is 19.6 Å². The first-order valence-electron chi connectivity index (χ1n) is 5.16. The lowest BCUT2D eigenvalue weighted by molar-refractivity contribution is -0.389. The van der Waals surface area contributed by atoms with Gasteiger partial charge >= 0.3 is 5.82 Å². The molecule has 18 heavy (non-hydrogen) atoms. The lowest BCUT2D eigenvalue weighted by Gasteiger charge is -2.10. The number of aliphatic hydroxyl groups is 1. The van der Waals surface area contributed by atoms with E-state index in [2.05, 4.69) is 4.98 Å². The van der Waals surface area contributed by atoms with E-state index in [1.807, 2.05) is 0 Å². The average Bonchev–Trinajstić information content (AvgIpc) is 2.78. The van der Waals surface area contributed by atoms with Crippen LogP contribution < -0.4 is 0 Å². The first-order chi connectivity index (χ1) is 8.56. The van der Waals surface area contributed by atoms with Gasteiger partial charge in [0.1, 0.15) is 12.0 Å². The standard InChI is InChI=1S/C11H10FN3O3/c12-9-3-1-8(2-4-9)10(16)5-14-6-11(13-7-14)15(17)18/h1-4,6-7,10,16H,5H2. The Morgan fingerprint density at radius 2 is 2.11 bits per heavy atom. The first kappa shape index (κ1) is 12.2. The molecule has 0 aliphatic carbocycles. The van der Waals surface area contributed by atoms with E-state index in [0.29, 0.717) is 5.56 Å². The summed E-state index contributed by atoms with van der Waals surface area (Å²) in [5.74, 6) is -0.662. The van der Waals surface area contributed by atoms with Gasteiger partial charge in [-0.05, 0) is 27.6 Å². The van der Waals surface area contributed by atoms with E-state index >= 15 is 0 Å². The van der Waals surface area contributed by atoms with E-state index < -0.39 is 11.0 Å². The molecule has 2 aromatic rings. The SMILES string of the molecule is O=[N+]([O-])c1cn(CC(O)c2ccc(F)cc2)cn1. The molecule has 0 bridgehead atoms. The van der Waals surface area contributed by atoms with Crippen LogP contribution in [0.15, 0.2) is 36.8 Å². The monoisotopic (exact) mass is 251 g/mol. The molecule has 0 radical (unpaired) electrons. The van der Waals surface area contributed by atoms with Gasteiger partial charge in [0.15, 0.2) is 0 Å². The Balaban J connectivity index is 2.08. The van der Waals surface area contributed by atoms with Crippen molar-refractivity contribution in [2.24, 2.45) is 0 Å². The van der Waals surface area contributed by atoms with Gasteiger partial charge in [0.05, 0.1) is 12.6 Å². The minimum atomic E-state index is -0.876. The Morgan fingerprint density at radius 1 is 1.44 bits per heavy atom. The van der Waals surface area contributed by atoms with E-state index in [0.717, 1.165) is 0 Å². The summed E-state index contributed by atoms with van der Waals surface area (Å²) >= 11 is 0. The highest BCUT2D eigenvalue weighted by Crippen LogP contribution is 2.16. The van der Waals surface area contributed by atoms with Crippen LogP contribution in [0.3, 0.4) is 0 Å². The second-order valence-corrected chi connectivity index (χ2v) is 3.75. The average molecular weight is 251 g/mol. The van der Waals surface area contributed by atoms with Crippen LogP contribution in [-0.4, -0.2) is 19.6 Å². The van der Waals surface area contributed by atoms with Crippen molar-refractivity contribution in [3.63, 3.8) is 0 Å². The predicted octanol–water partition coefficient (Wildman–Crippen LogP) is 1.66. The van der Waals surface area contributed by atoms with Crippen LogP contribution in [0, 0.1) is 15.9 Å². The molecule has 0 fully saturated rings. The fourth-order valence-electron chi connectivity index (χ4n) is 1.53. The Hall–Kier alpha value is -2.28. The second-order valence-electron chi connectivity index (χ2n) is 3.75. The number of benzene rings is 1. The molecular formula is C11H10FN3O3. The highest BCUT2D eigenvalue weighted by molar-refractivity contribution is 5.19. The molecule has 6 nitrogen and oxygen atoms in total. The van der Waals surface area contributed by atoms with E-state index in [-0.39, 0.29) is 18.2 Å². The maximum absolute atomic E-state index is 12.7. The van der Waals surface area contributed by atoms with Crippen molar-refractivity contribution in [2.45, 2.75) is 12.6 Å². The van der Waals surface area contributed by atoms with Crippen LogP contribution in [-0.2, 0) is 6.54 Å². The summed E-state index contributed by atoms with van der Waals surface area (Å²) in [5, 5.41) is 20.3. The maximum Gasteiger partial charge on any atom is 0.381 e. The summed E-state index contributed by atoms with van der Waals surface area (Å²) in [5.41, 5.74) is 0.535. The minimum Gasteiger partial charge on any atom is -0.387 e. The van der Waals surface area contributed by atoms with Crippen molar-refractivity contribution in [3.05, 3.63) is 58.3 Å². The zero-order valence-electron chi connectivity index (χ0n) is 9.23. The molecule has 1 atom stereocenters. The van der Waals surface area contributed by atoms with Gasteiger partial charge in [0.2, 0.25) is 6.33 Å². The molecule has 2 rings (SSSR count). The molecule has 0 aliphatic rings. The number of nitrogens with zero attached hydrogens (tertiary/aromatic N) is 3. The fraction of sp³-hybridized carbons (Fsp3) is 0.182. The lowest BCUT2D eigenvalue weighted by Crippen LogP contribution is -2.07. The largest absolute Gasteiger partial charge is 0.387 e. The van der Waals surface area contributed by atoms with Crippen molar-refractivity contribution in [2.75, 3.05) is 0 Å². The number of aromatic nitrogens is 2. The number of nitro groups is 1.